The maximum absolute atomic E-state index is 11.2. The Hall–Kier alpha value is -0.460. The van der Waals surface area contributed by atoms with Gasteiger partial charge >= 0.3 is 0 Å². The summed E-state index contributed by atoms with van der Waals surface area (Å²) in [5.41, 5.74) is 1.05. The monoisotopic (exact) mass is 260 g/mol. The van der Waals surface area contributed by atoms with Gasteiger partial charge in [0.1, 0.15) is 5.01 Å². The van der Waals surface area contributed by atoms with Crippen molar-refractivity contribution < 1.29 is 8.42 Å². The summed E-state index contributed by atoms with van der Waals surface area (Å²) in [5.74, 6) is 0.984. The van der Waals surface area contributed by atoms with Crippen molar-refractivity contribution in [2.24, 2.45) is 5.92 Å². The second-order valence-corrected chi connectivity index (χ2v) is 7.45. The van der Waals surface area contributed by atoms with Gasteiger partial charge in [0, 0.05) is 17.6 Å². The molecule has 2 rings (SSSR count). The van der Waals surface area contributed by atoms with E-state index in [1.807, 2.05) is 12.3 Å². The molecule has 1 aliphatic heterocycles. The van der Waals surface area contributed by atoms with E-state index in [1.54, 1.807) is 11.3 Å². The third kappa shape index (κ3) is 3.26. The predicted octanol–water partition coefficient (Wildman–Crippen LogP) is 0.976. The number of hydrogen-bond acceptors (Lipinski definition) is 5. The Kier molecular flexibility index (Phi) is 3.61. The first-order valence-corrected chi connectivity index (χ1v) is 8.07. The third-order valence-electron chi connectivity index (χ3n) is 2.70. The maximum Gasteiger partial charge on any atom is 0.150 e. The average Bonchev–Trinajstić information content (AvgIpc) is 2.73. The van der Waals surface area contributed by atoms with Crippen molar-refractivity contribution in [1.82, 2.24) is 10.3 Å². The van der Waals surface area contributed by atoms with Crippen LogP contribution in [0.25, 0.3) is 0 Å². The van der Waals surface area contributed by atoms with E-state index in [0.29, 0.717) is 11.5 Å². The van der Waals surface area contributed by atoms with Gasteiger partial charge in [0.05, 0.1) is 11.5 Å². The van der Waals surface area contributed by atoms with Crippen LogP contribution >= 0.6 is 11.3 Å². The normalized spacial score (nSPS) is 23.7. The number of nitrogens with one attached hydrogen (secondary N) is 1. The first-order valence-electron chi connectivity index (χ1n) is 5.37. The molecule has 4 nitrogen and oxygen atoms in total. The minimum atomic E-state index is -2.74. The largest absolute Gasteiger partial charge is 0.310 e. The molecule has 1 aromatic rings. The molecule has 0 aromatic carbocycles. The zero-order valence-corrected chi connectivity index (χ0v) is 10.9. The molecule has 1 saturated heterocycles. The smallest absolute Gasteiger partial charge is 0.150 e. The van der Waals surface area contributed by atoms with Crippen molar-refractivity contribution in [3.63, 3.8) is 0 Å². The standard InChI is InChI=1S/C10H16N2O2S2/c1-8-6-15-10(12-8)5-11-4-9-2-3-16(13,14)7-9/h6,9,11H,2-5,7H2,1H3. The van der Waals surface area contributed by atoms with Crippen LogP contribution in [0, 0.1) is 12.8 Å². The van der Waals surface area contributed by atoms with Crippen LogP contribution in [0.4, 0.5) is 0 Å². The SMILES string of the molecule is Cc1csc(CNCC2CCS(=O)(=O)C2)n1. The number of thiazole rings is 1. The highest BCUT2D eigenvalue weighted by molar-refractivity contribution is 7.91. The van der Waals surface area contributed by atoms with Crippen LogP contribution in [0.15, 0.2) is 5.38 Å². The van der Waals surface area contributed by atoms with E-state index in [4.69, 9.17) is 0 Å². The fraction of sp³-hybridized carbons (Fsp3) is 0.700. The van der Waals surface area contributed by atoms with Crippen LogP contribution in [0.3, 0.4) is 0 Å². The zero-order valence-electron chi connectivity index (χ0n) is 9.27. The van der Waals surface area contributed by atoms with Gasteiger partial charge in [0.25, 0.3) is 0 Å². The fourth-order valence-electron chi connectivity index (χ4n) is 1.90. The highest BCUT2D eigenvalue weighted by atomic mass is 32.2. The highest BCUT2D eigenvalue weighted by Gasteiger charge is 2.27. The molecule has 0 saturated carbocycles. The number of aromatic nitrogens is 1. The summed E-state index contributed by atoms with van der Waals surface area (Å²) >= 11 is 1.64. The van der Waals surface area contributed by atoms with Crippen molar-refractivity contribution in [2.75, 3.05) is 18.1 Å². The van der Waals surface area contributed by atoms with Crippen molar-refractivity contribution in [3.8, 4) is 0 Å². The van der Waals surface area contributed by atoms with Crippen molar-refractivity contribution in [2.45, 2.75) is 19.9 Å². The van der Waals surface area contributed by atoms with E-state index in [2.05, 4.69) is 10.3 Å². The molecule has 0 aliphatic carbocycles. The van der Waals surface area contributed by atoms with Crippen molar-refractivity contribution >= 4 is 21.2 Å². The molecule has 1 atom stereocenters. The lowest BCUT2D eigenvalue weighted by Gasteiger charge is -2.07. The summed E-state index contributed by atoms with van der Waals surface area (Å²) in [7, 11) is -2.74. The summed E-state index contributed by atoms with van der Waals surface area (Å²) in [6, 6.07) is 0. The van der Waals surface area contributed by atoms with Gasteiger partial charge in [-0.05, 0) is 25.8 Å². The van der Waals surface area contributed by atoms with Crippen LogP contribution in [0.2, 0.25) is 0 Å². The third-order valence-corrected chi connectivity index (χ3v) is 5.51. The summed E-state index contributed by atoms with van der Waals surface area (Å²) in [5, 5.41) is 6.37. The van der Waals surface area contributed by atoms with Crippen LogP contribution in [0.1, 0.15) is 17.1 Å². The lowest BCUT2D eigenvalue weighted by atomic mass is 10.1. The van der Waals surface area contributed by atoms with E-state index >= 15 is 0 Å². The van der Waals surface area contributed by atoms with Gasteiger partial charge in [-0.1, -0.05) is 0 Å². The number of aryl methyl sites for hydroxylation is 1. The second-order valence-electron chi connectivity index (χ2n) is 4.28. The minimum Gasteiger partial charge on any atom is -0.310 e. The van der Waals surface area contributed by atoms with E-state index in [1.165, 1.54) is 0 Å². The molecule has 6 heteroatoms. The van der Waals surface area contributed by atoms with E-state index in [9.17, 15) is 8.42 Å². The molecule has 0 amide bonds. The van der Waals surface area contributed by atoms with E-state index in [0.717, 1.165) is 30.2 Å². The Morgan fingerprint density at radius 1 is 1.62 bits per heavy atom. The predicted molar refractivity (Wildman–Crippen MR) is 65.3 cm³/mol. The fourth-order valence-corrected chi connectivity index (χ4v) is 4.50. The first-order chi connectivity index (χ1) is 7.55. The molecule has 1 fully saturated rings. The summed E-state index contributed by atoms with van der Waals surface area (Å²) in [6.07, 6.45) is 0.798. The Bertz CT molecular complexity index is 453. The highest BCUT2D eigenvalue weighted by Crippen LogP contribution is 2.17. The lowest BCUT2D eigenvalue weighted by molar-refractivity contribution is 0.520. The number of hydrogen-bond donors (Lipinski definition) is 1. The Balaban J connectivity index is 1.73. The summed E-state index contributed by atoms with van der Waals surface area (Å²) in [4.78, 5) is 4.34. The topological polar surface area (TPSA) is 59.1 Å². The molecule has 90 valence electrons. The van der Waals surface area contributed by atoms with Gasteiger partial charge in [-0.15, -0.1) is 11.3 Å². The second kappa shape index (κ2) is 4.81. The molecule has 1 N–H and O–H groups in total. The van der Waals surface area contributed by atoms with Gasteiger partial charge in [-0.25, -0.2) is 13.4 Å². The number of sulfone groups is 1. The summed E-state index contributed by atoms with van der Waals surface area (Å²) in [6.45, 7) is 3.50. The van der Waals surface area contributed by atoms with Gasteiger partial charge < -0.3 is 5.32 Å². The first kappa shape index (κ1) is 12.0. The van der Waals surface area contributed by atoms with E-state index < -0.39 is 9.84 Å². The quantitative estimate of drug-likeness (QED) is 0.876. The molecule has 1 aromatic heterocycles. The Morgan fingerprint density at radius 2 is 2.44 bits per heavy atom. The number of rotatable bonds is 4. The maximum atomic E-state index is 11.2. The molecule has 0 spiro atoms. The zero-order chi connectivity index (χ0) is 11.6. The van der Waals surface area contributed by atoms with Gasteiger partial charge in [0.2, 0.25) is 0 Å². The molecule has 2 heterocycles. The summed E-state index contributed by atoms with van der Waals surface area (Å²) < 4.78 is 22.5. The molecule has 0 radical (unpaired) electrons. The molecule has 0 bridgehead atoms. The Morgan fingerprint density at radius 3 is 3.00 bits per heavy atom. The van der Waals surface area contributed by atoms with Crippen molar-refractivity contribution in [3.05, 3.63) is 16.1 Å². The van der Waals surface area contributed by atoms with Gasteiger partial charge in [-0.2, -0.15) is 0 Å². The lowest BCUT2D eigenvalue weighted by Crippen LogP contribution is -2.23. The van der Waals surface area contributed by atoms with Crippen LogP contribution < -0.4 is 5.32 Å². The molecular weight excluding hydrogens is 244 g/mol. The minimum absolute atomic E-state index is 0.283. The van der Waals surface area contributed by atoms with Gasteiger partial charge in [-0.3, -0.25) is 0 Å². The van der Waals surface area contributed by atoms with Crippen LogP contribution in [0.5, 0.6) is 0 Å². The van der Waals surface area contributed by atoms with Crippen LogP contribution in [-0.2, 0) is 16.4 Å². The number of nitrogens with zero attached hydrogens (tertiary/aromatic N) is 1. The molecular formula is C10H16N2O2S2. The molecule has 1 unspecified atom stereocenters. The van der Waals surface area contributed by atoms with Gasteiger partial charge in [0.15, 0.2) is 9.84 Å². The Labute approximate surface area is 100 Å². The molecule has 16 heavy (non-hydrogen) atoms. The van der Waals surface area contributed by atoms with Crippen molar-refractivity contribution in [1.29, 1.82) is 0 Å². The van der Waals surface area contributed by atoms with Crippen LogP contribution in [-0.4, -0.2) is 31.5 Å². The molecule has 1 aliphatic rings. The van der Waals surface area contributed by atoms with E-state index in [-0.39, 0.29) is 5.92 Å². The average molecular weight is 260 g/mol.